The van der Waals surface area contributed by atoms with Crippen LogP contribution >= 0.6 is 0 Å². The van der Waals surface area contributed by atoms with Gasteiger partial charge in [0.15, 0.2) is 6.29 Å². The molecule has 1 aromatic heterocycles. The van der Waals surface area contributed by atoms with Crippen molar-refractivity contribution in [2.45, 2.75) is 0 Å². The summed E-state index contributed by atoms with van der Waals surface area (Å²) >= 11 is 0. The van der Waals surface area contributed by atoms with E-state index in [-0.39, 0.29) is 16.7 Å². The molecule has 0 aliphatic rings. The molecular formula is C12H8NO3-. The summed E-state index contributed by atoms with van der Waals surface area (Å²) in [6.45, 7) is 0. The van der Waals surface area contributed by atoms with Crippen molar-refractivity contribution in [2.75, 3.05) is 0 Å². The van der Waals surface area contributed by atoms with Gasteiger partial charge in [-0.1, -0.05) is 12.1 Å². The Morgan fingerprint density at radius 1 is 1.38 bits per heavy atom. The van der Waals surface area contributed by atoms with Gasteiger partial charge in [-0.05, 0) is 12.1 Å². The Bertz CT molecular complexity index is 625. The van der Waals surface area contributed by atoms with E-state index in [0.717, 1.165) is 0 Å². The molecule has 0 saturated carbocycles. The van der Waals surface area contributed by atoms with Gasteiger partial charge in [-0.15, -0.1) is 6.26 Å². The van der Waals surface area contributed by atoms with Crippen molar-refractivity contribution in [2.24, 2.45) is 0 Å². The first kappa shape index (κ1) is 10.2. The molecule has 16 heavy (non-hydrogen) atoms. The summed E-state index contributed by atoms with van der Waals surface area (Å²) in [4.78, 5) is 10.6. The third-order valence-electron chi connectivity index (χ3n) is 2.21. The maximum absolute atomic E-state index is 10.6. The summed E-state index contributed by atoms with van der Waals surface area (Å²) in [5.41, 5.74) is 0.380. The Balaban J connectivity index is 2.76. The van der Waals surface area contributed by atoms with Crippen LogP contribution < -0.4 is 10.5 Å². The Morgan fingerprint density at radius 3 is 2.81 bits per heavy atom. The van der Waals surface area contributed by atoms with Gasteiger partial charge in [-0.25, -0.2) is 0 Å². The first-order valence-electron chi connectivity index (χ1n) is 4.61. The van der Waals surface area contributed by atoms with E-state index in [9.17, 15) is 9.90 Å². The van der Waals surface area contributed by atoms with Crippen molar-refractivity contribution in [1.29, 1.82) is 5.41 Å². The van der Waals surface area contributed by atoms with Crippen molar-refractivity contribution in [3.8, 4) is 0 Å². The van der Waals surface area contributed by atoms with Crippen LogP contribution in [0.4, 0.5) is 0 Å². The fourth-order valence-corrected chi connectivity index (χ4v) is 1.42. The van der Waals surface area contributed by atoms with Crippen LogP contribution in [0.3, 0.4) is 0 Å². The van der Waals surface area contributed by atoms with Crippen LogP contribution in [0.1, 0.15) is 5.76 Å². The molecule has 0 amide bonds. The second-order valence-corrected chi connectivity index (χ2v) is 3.21. The van der Waals surface area contributed by atoms with E-state index in [1.165, 1.54) is 6.07 Å². The van der Waals surface area contributed by atoms with Gasteiger partial charge in [0, 0.05) is 17.0 Å². The summed E-state index contributed by atoms with van der Waals surface area (Å²) in [5, 5.41) is 19.2. The van der Waals surface area contributed by atoms with Gasteiger partial charge in [-0.2, -0.15) is 0 Å². The minimum absolute atomic E-state index is 0.0979. The molecule has 0 aliphatic heterocycles. The maximum Gasteiger partial charge on any atom is 0.152 e. The Hall–Kier alpha value is -2.36. The van der Waals surface area contributed by atoms with Crippen molar-refractivity contribution in [3.63, 3.8) is 0 Å². The number of aldehydes is 1. The average molecular weight is 214 g/mol. The zero-order valence-corrected chi connectivity index (χ0v) is 8.27. The molecule has 0 spiro atoms. The summed E-state index contributed by atoms with van der Waals surface area (Å²) in [5.74, 6) is 0.119. The molecule has 1 N–H and O–H groups in total. The third kappa shape index (κ3) is 1.61. The number of fused-ring (bicyclic) bond motifs is 1. The molecule has 0 saturated heterocycles. The lowest BCUT2D eigenvalue weighted by Gasteiger charge is -2.04. The Morgan fingerprint density at radius 2 is 2.12 bits per heavy atom. The fraction of sp³-hybridized carbons (Fsp3) is 0. The van der Waals surface area contributed by atoms with E-state index in [4.69, 9.17) is 9.83 Å². The largest absolute Gasteiger partial charge is 0.877 e. The monoisotopic (exact) mass is 214 g/mol. The van der Waals surface area contributed by atoms with E-state index < -0.39 is 0 Å². The molecule has 0 radical (unpaired) electrons. The first-order chi connectivity index (χ1) is 7.76. The number of rotatable bonds is 2. The molecule has 0 bridgehead atoms. The van der Waals surface area contributed by atoms with E-state index in [2.05, 4.69) is 0 Å². The zero-order chi connectivity index (χ0) is 11.5. The molecule has 1 aromatic carbocycles. The zero-order valence-electron chi connectivity index (χ0n) is 8.27. The number of carbonyl (C=O) groups is 1. The van der Waals surface area contributed by atoms with E-state index >= 15 is 0 Å². The highest BCUT2D eigenvalue weighted by Gasteiger charge is 2.04. The van der Waals surface area contributed by atoms with Crippen LogP contribution in [0.15, 0.2) is 41.0 Å². The lowest BCUT2D eigenvalue weighted by atomic mass is 10.1. The maximum atomic E-state index is 10.6. The standard InChI is InChI=1S/C12H9NO3/c13-10-5-12(8(6-14)7-15)16-11-4-2-1-3-9(10)11/h1-7,13-14H/p-1/b8-6+,13-10?. The highest BCUT2D eigenvalue weighted by molar-refractivity contribution is 6.05. The number of carbonyl (C=O) groups excluding carboxylic acids is 1. The summed E-state index contributed by atoms with van der Waals surface area (Å²) in [7, 11) is 0. The van der Waals surface area contributed by atoms with Crippen molar-refractivity contribution in [1.82, 2.24) is 0 Å². The van der Waals surface area contributed by atoms with Gasteiger partial charge < -0.3 is 9.52 Å². The average Bonchev–Trinajstić information content (AvgIpc) is 2.31. The van der Waals surface area contributed by atoms with E-state index in [1.54, 1.807) is 24.3 Å². The lowest BCUT2D eigenvalue weighted by molar-refractivity contribution is -0.273. The van der Waals surface area contributed by atoms with Crippen LogP contribution in [0, 0.1) is 5.41 Å². The Labute approximate surface area is 91.0 Å². The topological polar surface area (TPSA) is 77.1 Å². The quantitative estimate of drug-likeness (QED) is 0.456. The second-order valence-electron chi connectivity index (χ2n) is 3.21. The minimum atomic E-state index is -0.0979. The molecule has 80 valence electrons. The molecule has 0 atom stereocenters. The summed E-state index contributed by atoms with van der Waals surface area (Å²) < 4.78 is 5.37. The van der Waals surface area contributed by atoms with Crippen LogP contribution in [0.2, 0.25) is 0 Å². The van der Waals surface area contributed by atoms with Crippen LogP contribution in [-0.4, -0.2) is 6.29 Å². The number of allylic oxidation sites excluding steroid dienone is 1. The number of hydrogen-bond acceptors (Lipinski definition) is 4. The highest BCUT2D eigenvalue weighted by atomic mass is 16.3. The third-order valence-corrected chi connectivity index (χ3v) is 2.21. The molecule has 4 heteroatoms. The van der Waals surface area contributed by atoms with Crippen LogP contribution in [-0.2, 0) is 4.79 Å². The van der Waals surface area contributed by atoms with Gasteiger partial charge in [0.25, 0.3) is 0 Å². The molecule has 0 aliphatic carbocycles. The van der Waals surface area contributed by atoms with Crippen molar-refractivity contribution < 1.29 is 14.3 Å². The van der Waals surface area contributed by atoms with Gasteiger partial charge in [0.2, 0.25) is 0 Å². The van der Waals surface area contributed by atoms with E-state index in [0.29, 0.717) is 23.5 Å². The van der Waals surface area contributed by atoms with Gasteiger partial charge in [-0.3, -0.25) is 10.2 Å². The van der Waals surface area contributed by atoms with Gasteiger partial charge in [0.1, 0.15) is 11.3 Å². The smallest absolute Gasteiger partial charge is 0.152 e. The van der Waals surface area contributed by atoms with E-state index in [1.807, 2.05) is 0 Å². The summed E-state index contributed by atoms with van der Waals surface area (Å²) in [6.07, 6.45) is 0.833. The second kappa shape index (κ2) is 4.02. The predicted molar refractivity (Wildman–Crippen MR) is 56.1 cm³/mol. The van der Waals surface area contributed by atoms with Crippen molar-refractivity contribution in [3.05, 3.63) is 47.7 Å². The molecule has 4 nitrogen and oxygen atoms in total. The molecule has 2 rings (SSSR count). The van der Waals surface area contributed by atoms with Gasteiger partial charge in [0.05, 0.1) is 5.36 Å². The number of para-hydroxylation sites is 1. The first-order valence-corrected chi connectivity index (χ1v) is 4.61. The van der Waals surface area contributed by atoms with Gasteiger partial charge >= 0.3 is 0 Å². The predicted octanol–water partition coefficient (Wildman–Crippen LogP) is 0.812. The SMILES string of the molecule is N=c1cc(/C(C=O)=C/[O-])oc2ccccc12. The normalized spacial score (nSPS) is 11.6. The highest BCUT2D eigenvalue weighted by Crippen LogP contribution is 2.16. The minimum Gasteiger partial charge on any atom is -0.877 e. The number of nitrogens with one attached hydrogen (secondary N) is 1. The Kier molecular flexibility index (Phi) is 2.55. The fourth-order valence-electron chi connectivity index (χ4n) is 1.42. The van der Waals surface area contributed by atoms with Crippen LogP contribution in [0.25, 0.3) is 16.5 Å². The lowest BCUT2D eigenvalue weighted by Crippen LogP contribution is -2.03. The number of benzene rings is 1. The number of hydrogen-bond donors (Lipinski definition) is 1. The van der Waals surface area contributed by atoms with Crippen LogP contribution in [0.5, 0.6) is 0 Å². The molecule has 2 aromatic rings. The molecule has 0 unspecified atom stereocenters. The summed E-state index contributed by atoms with van der Waals surface area (Å²) in [6, 6.07) is 8.34. The molecule has 0 fully saturated rings. The molecule has 1 heterocycles. The molecular weight excluding hydrogens is 206 g/mol. The van der Waals surface area contributed by atoms with Crippen molar-refractivity contribution >= 4 is 22.8 Å².